The second kappa shape index (κ2) is 7.36. The molecule has 6 aromatic rings. The lowest BCUT2D eigenvalue weighted by atomic mass is 10.1. The number of hydrogen-bond donors (Lipinski definition) is 1. The molecule has 33 heavy (non-hydrogen) atoms. The third kappa shape index (κ3) is 3.00. The van der Waals surface area contributed by atoms with E-state index in [1.165, 1.54) is 16.0 Å². The summed E-state index contributed by atoms with van der Waals surface area (Å²) in [5.41, 5.74) is 3.83. The Morgan fingerprint density at radius 2 is 1.79 bits per heavy atom. The van der Waals surface area contributed by atoms with E-state index in [0.717, 1.165) is 32.1 Å². The number of aliphatic hydroxyl groups is 1. The molecule has 9 heteroatoms. The monoisotopic (exact) mass is 456 g/mol. The Balaban J connectivity index is 1.45. The maximum absolute atomic E-state index is 13.4. The van der Waals surface area contributed by atoms with Crippen molar-refractivity contribution in [3.05, 3.63) is 87.4 Å². The molecule has 4 heterocycles. The molecular formula is C24H20N6O2S. The first-order valence-corrected chi connectivity index (χ1v) is 11.3. The molecule has 0 radical (unpaired) electrons. The Labute approximate surface area is 192 Å². The summed E-state index contributed by atoms with van der Waals surface area (Å²) in [6.07, 6.45) is 2.72. The minimum atomic E-state index is -0.813. The van der Waals surface area contributed by atoms with Crippen LogP contribution in [0.2, 0.25) is 0 Å². The molecule has 1 N–H and O–H groups in total. The van der Waals surface area contributed by atoms with Crippen LogP contribution in [0.3, 0.4) is 0 Å². The zero-order valence-corrected chi connectivity index (χ0v) is 18.8. The van der Waals surface area contributed by atoms with Crippen molar-refractivity contribution in [2.45, 2.75) is 12.6 Å². The van der Waals surface area contributed by atoms with Crippen LogP contribution >= 0.6 is 11.3 Å². The van der Waals surface area contributed by atoms with Crippen LogP contribution in [-0.4, -0.2) is 34.2 Å². The fourth-order valence-electron chi connectivity index (χ4n) is 4.35. The zero-order valence-electron chi connectivity index (χ0n) is 18.0. The highest BCUT2D eigenvalue weighted by atomic mass is 32.1. The van der Waals surface area contributed by atoms with E-state index >= 15 is 0 Å². The van der Waals surface area contributed by atoms with Crippen molar-refractivity contribution in [3.8, 4) is 0 Å². The molecule has 0 saturated heterocycles. The Hall–Kier alpha value is -3.82. The Bertz CT molecular complexity index is 1710. The van der Waals surface area contributed by atoms with E-state index in [0.29, 0.717) is 22.7 Å². The van der Waals surface area contributed by atoms with Gasteiger partial charge in [0.1, 0.15) is 16.6 Å². The van der Waals surface area contributed by atoms with E-state index in [-0.39, 0.29) is 5.56 Å². The topological polar surface area (TPSA) is 90.8 Å². The molecule has 164 valence electrons. The Kier molecular flexibility index (Phi) is 4.42. The smallest absolute Gasteiger partial charge is 0.291 e. The van der Waals surface area contributed by atoms with Crippen molar-refractivity contribution in [1.82, 2.24) is 29.1 Å². The third-order valence-electron chi connectivity index (χ3n) is 6.09. The van der Waals surface area contributed by atoms with Crippen LogP contribution < -0.4 is 5.56 Å². The average Bonchev–Trinajstić information content (AvgIpc) is 3.51. The summed E-state index contributed by atoms with van der Waals surface area (Å²) >= 11 is 1.39. The number of thiazole rings is 1. The molecule has 0 aliphatic heterocycles. The van der Waals surface area contributed by atoms with Crippen molar-refractivity contribution in [1.29, 1.82) is 0 Å². The molecule has 0 saturated carbocycles. The summed E-state index contributed by atoms with van der Waals surface area (Å²) in [6.45, 7) is 0.349. The van der Waals surface area contributed by atoms with Gasteiger partial charge in [-0.1, -0.05) is 42.5 Å². The molecule has 0 aliphatic rings. The molecular weight excluding hydrogens is 436 g/mol. The molecule has 0 fully saturated rings. The standard InChI is InChI=1S/C24H20N6O2S/c1-28-19-17(21-22(28)27-23(33-21)20(31)14-7-4-3-5-8-14)12-26-30(24(19)32)13-15-9-6-10-18-16(15)11-25-29(18)2/h3-12,20,31H,13H2,1-2H3. The number of hydrogen-bond acceptors (Lipinski definition) is 6. The summed E-state index contributed by atoms with van der Waals surface area (Å²) < 4.78 is 5.95. The van der Waals surface area contributed by atoms with Crippen LogP contribution in [0.5, 0.6) is 0 Å². The van der Waals surface area contributed by atoms with Crippen molar-refractivity contribution in [2.75, 3.05) is 0 Å². The van der Waals surface area contributed by atoms with E-state index in [1.54, 1.807) is 10.8 Å². The van der Waals surface area contributed by atoms with Gasteiger partial charge in [0.15, 0.2) is 5.65 Å². The highest BCUT2D eigenvalue weighted by Gasteiger charge is 2.22. The van der Waals surface area contributed by atoms with Gasteiger partial charge in [0.25, 0.3) is 5.56 Å². The first kappa shape index (κ1) is 19.8. The molecule has 6 rings (SSSR count). The predicted octanol–water partition coefficient (Wildman–Crippen LogP) is 3.36. The molecule has 0 aliphatic carbocycles. The quantitative estimate of drug-likeness (QED) is 0.439. The highest BCUT2D eigenvalue weighted by Crippen LogP contribution is 2.35. The molecule has 0 bridgehead atoms. The van der Waals surface area contributed by atoms with E-state index in [1.807, 2.05) is 73.5 Å². The van der Waals surface area contributed by atoms with Gasteiger partial charge in [-0.3, -0.25) is 9.48 Å². The van der Waals surface area contributed by atoms with Crippen LogP contribution in [0, 0.1) is 0 Å². The van der Waals surface area contributed by atoms with Crippen molar-refractivity contribution in [2.24, 2.45) is 14.1 Å². The summed E-state index contributed by atoms with van der Waals surface area (Å²) in [5, 5.41) is 21.9. The van der Waals surface area contributed by atoms with Gasteiger partial charge in [0.2, 0.25) is 0 Å². The number of aromatic nitrogens is 6. The number of benzene rings is 2. The highest BCUT2D eigenvalue weighted by molar-refractivity contribution is 7.19. The molecule has 8 nitrogen and oxygen atoms in total. The van der Waals surface area contributed by atoms with E-state index in [4.69, 9.17) is 0 Å². The number of nitrogens with zero attached hydrogens (tertiary/aromatic N) is 6. The number of aliphatic hydroxyl groups excluding tert-OH is 1. The van der Waals surface area contributed by atoms with Gasteiger partial charge in [0, 0.05) is 24.9 Å². The van der Waals surface area contributed by atoms with Crippen molar-refractivity contribution < 1.29 is 5.11 Å². The van der Waals surface area contributed by atoms with E-state index < -0.39 is 6.10 Å². The first-order chi connectivity index (χ1) is 16.0. The number of fused-ring (bicyclic) bond motifs is 4. The summed E-state index contributed by atoms with van der Waals surface area (Å²) in [6, 6.07) is 15.4. The van der Waals surface area contributed by atoms with Gasteiger partial charge in [0.05, 0.1) is 29.2 Å². The summed E-state index contributed by atoms with van der Waals surface area (Å²) in [7, 11) is 3.73. The molecule has 0 amide bonds. The van der Waals surface area contributed by atoms with Crippen LogP contribution in [0.25, 0.3) is 32.2 Å². The minimum Gasteiger partial charge on any atom is -0.381 e. The average molecular weight is 457 g/mol. The maximum Gasteiger partial charge on any atom is 0.291 e. The van der Waals surface area contributed by atoms with Gasteiger partial charge in [-0.2, -0.15) is 10.2 Å². The summed E-state index contributed by atoms with van der Waals surface area (Å²) in [5.74, 6) is 0. The second-order valence-corrected chi connectivity index (χ2v) is 9.10. The third-order valence-corrected chi connectivity index (χ3v) is 7.22. The first-order valence-electron chi connectivity index (χ1n) is 10.5. The summed E-state index contributed by atoms with van der Waals surface area (Å²) in [4.78, 5) is 18.1. The van der Waals surface area contributed by atoms with Crippen LogP contribution in [0.1, 0.15) is 22.2 Å². The SMILES string of the molecule is Cn1ncc2c(Cn3ncc4c5sc(C(O)c6ccccc6)nc5n(C)c4c3=O)cccc21. The molecule has 1 atom stereocenters. The van der Waals surface area contributed by atoms with Crippen LogP contribution in [0.4, 0.5) is 0 Å². The normalized spacial score (nSPS) is 12.8. The van der Waals surface area contributed by atoms with Crippen molar-refractivity contribution in [3.63, 3.8) is 0 Å². The second-order valence-electron chi connectivity index (χ2n) is 8.06. The Morgan fingerprint density at radius 3 is 2.61 bits per heavy atom. The van der Waals surface area contributed by atoms with Gasteiger partial charge >= 0.3 is 0 Å². The predicted molar refractivity (Wildman–Crippen MR) is 128 cm³/mol. The van der Waals surface area contributed by atoms with Crippen LogP contribution in [-0.2, 0) is 20.6 Å². The van der Waals surface area contributed by atoms with Gasteiger partial charge < -0.3 is 9.67 Å². The molecule has 1 unspecified atom stereocenters. The minimum absolute atomic E-state index is 0.175. The largest absolute Gasteiger partial charge is 0.381 e. The lowest BCUT2D eigenvalue weighted by Gasteiger charge is -2.08. The van der Waals surface area contributed by atoms with E-state index in [9.17, 15) is 9.90 Å². The maximum atomic E-state index is 13.4. The van der Waals surface area contributed by atoms with Gasteiger partial charge in [-0.25, -0.2) is 9.67 Å². The van der Waals surface area contributed by atoms with E-state index in [2.05, 4.69) is 15.2 Å². The zero-order chi connectivity index (χ0) is 22.7. The van der Waals surface area contributed by atoms with Gasteiger partial charge in [-0.05, 0) is 17.2 Å². The van der Waals surface area contributed by atoms with Crippen LogP contribution in [0.15, 0.2) is 65.7 Å². The molecule has 2 aromatic carbocycles. The fourth-order valence-corrected chi connectivity index (χ4v) is 5.47. The Morgan fingerprint density at radius 1 is 1.00 bits per heavy atom. The lowest BCUT2D eigenvalue weighted by Crippen LogP contribution is -2.24. The fraction of sp³-hybridized carbons (Fsp3) is 0.167. The number of aryl methyl sites for hydroxylation is 2. The molecule has 4 aromatic heterocycles. The molecule has 0 spiro atoms. The lowest BCUT2D eigenvalue weighted by molar-refractivity contribution is 0.220. The van der Waals surface area contributed by atoms with Gasteiger partial charge in [-0.15, -0.1) is 11.3 Å². The number of rotatable bonds is 4. The van der Waals surface area contributed by atoms with Crippen molar-refractivity contribution >= 4 is 43.5 Å².